The van der Waals surface area contributed by atoms with Crippen LogP contribution in [0.1, 0.15) is 80.3 Å². The Labute approximate surface area is 237 Å². The normalized spacial score (nSPS) is 32.1. The number of amides is 1. The molecule has 0 aromatic heterocycles. The van der Waals surface area contributed by atoms with Gasteiger partial charge in [0.05, 0.1) is 17.5 Å². The number of fused-ring (bicyclic) bond motifs is 4. The maximum Gasteiger partial charge on any atom is 0.264 e. The van der Waals surface area contributed by atoms with Gasteiger partial charge in [-0.25, -0.2) is 13.1 Å². The monoisotopic (exact) mass is 564 g/mol. The lowest BCUT2D eigenvalue weighted by Gasteiger charge is -2.44. The van der Waals surface area contributed by atoms with Crippen LogP contribution in [0.2, 0.25) is 0 Å². The highest BCUT2D eigenvalue weighted by Crippen LogP contribution is 2.46. The van der Waals surface area contributed by atoms with E-state index in [1.165, 1.54) is 11.1 Å². The summed E-state index contributed by atoms with van der Waals surface area (Å²) in [5.74, 6) is 0.512. The average Bonchev–Trinajstić information content (AvgIpc) is 3.07. The van der Waals surface area contributed by atoms with Crippen LogP contribution in [0.5, 0.6) is 5.75 Å². The van der Waals surface area contributed by atoms with Crippen molar-refractivity contribution in [1.29, 1.82) is 0 Å². The van der Waals surface area contributed by atoms with Crippen LogP contribution in [-0.4, -0.2) is 45.1 Å². The first-order chi connectivity index (χ1) is 19.2. The Morgan fingerprint density at radius 2 is 1.82 bits per heavy atom. The molecule has 8 heteroatoms. The highest BCUT2D eigenvalue weighted by Gasteiger charge is 2.44. The first-order valence-corrected chi connectivity index (χ1v) is 16.4. The number of Topliss-reactive ketones (excluding diaryl/α,β-unsaturated/α-hetero) is 1. The van der Waals surface area contributed by atoms with Crippen molar-refractivity contribution in [3.63, 3.8) is 0 Å². The number of sulfonamides is 1. The Balaban J connectivity index is 1.41. The number of ketones is 1. The first-order valence-electron chi connectivity index (χ1n) is 14.9. The number of hydrogen-bond donors (Lipinski definition) is 1. The van der Waals surface area contributed by atoms with E-state index in [2.05, 4.69) is 33.9 Å². The molecule has 214 valence electrons. The molecule has 7 nitrogen and oxygen atoms in total. The summed E-state index contributed by atoms with van der Waals surface area (Å²) >= 11 is 0. The van der Waals surface area contributed by atoms with E-state index in [0.29, 0.717) is 49.5 Å². The van der Waals surface area contributed by atoms with Crippen LogP contribution in [0.25, 0.3) is 0 Å². The third kappa shape index (κ3) is 4.93. The summed E-state index contributed by atoms with van der Waals surface area (Å²) in [6.07, 6.45) is 6.84. The zero-order valence-electron chi connectivity index (χ0n) is 23.5. The van der Waals surface area contributed by atoms with E-state index in [1.807, 2.05) is 6.92 Å². The van der Waals surface area contributed by atoms with E-state index in [0.717, 1.165) is 44.3 Å². The molecule has 1 amide bonds. The van der Waals surface area contributed by atoms with Crippen molar-refractivity contribution in [3.05, 3.63) is 59.2 Å². The van der Waals surface area contributed by atoms with Gasteiger partial charge >= 0.3 is 0 Å². The molecule has 1 saturated carbocycles. The maximum atomic E-state index is 13.3. The zero-order valence-corrected chi connectivity index (χ0v) is 24.3. The highest BCUT2D eigenvalue weighted by molar-refractivity contribution is 7.90. The smallest absolute Gasteiger partial charge is 0.264 e. The number of carbonyl (C=O) groups excluding carboxylic acids is 2. The maximum absolute atomic E-state index is 13.3. The van der Waals surface area contributed by atoms with Crippen molar-refractivity contribution in [1.82, 2.24) is 4.72 Å². The number of benzene rings is 2. The third-order valence-corrected chi connectivity index (χ3v) is 12.1. The second-order valence-corrected chi connectivity index (χ2v) is 14.6. The Kier molecular flexibility index (Phi) is 7.18. The minimum atomic E-state index is -3.88. The average molecular weight is 565 g/mol. The van der Waals surface area contributed by atoms with Gasteiger partial charge in [-0.15, -0.1) is 0 Å². The Morgan fingerprint density at radius 1 is 1.00 bits per heavy atom. The second-order valence-electron chi connectivity index (χ2n) is 12.6. The fourth-order valence-electron chi connectivity index (χ4n) is 7.32. The molecule has 1 N–H and O–H groups in total. The lowest BCUT2D eigenvalue weighted by atomic mass is 9.68. The van der Waals surface area contributed by atoms with Gasteiger partial charge in [0.25, 0.3) is 5.91 Å². The lowest BCUT2D eigenvalue weighted by Crippen LogP contribution is -2.49. The Morgan fingerprint density at radius 3 is 2.62 bits per heavy atom. The molecule has 2 aliphatic heterocycles. The number of nitrogens with zero attached hydrogens (tertiary/aromatic N) is 1. The number of carbonyl (C=O) groups is 2. The van der Waals surface area contributed by atoms with Crippen LogP contribution in [0.4, 0.5) is 5.69 Å². The molecule has 2 aliphatic carbocycles. The van der Waals surface area contributed by atoms with Crippen molar-refractivity contribution in [2.75, 3.05) is 24.6 Å². The van der Waals surface area contributed by atoms with E-state index in [9.17, 15) is 18.0 Å². The van der Waals surface area contributed by atoms with Gasteiger partial charge in [0, 0.05) is 36.4 Å². The number of hydrogen-bond acceptors (Lipinski definition) is 6. The van der Waals surface area contributed by atoms with Gasteiger partial charge in [-0.2, -0.15) is 0 Å². The number of anilines is 1. The van der Waals surface area contributed by atoms with Crippen LogP contribution in [0.15, 0.2) is 42.5 Å². The summed E-state index contributed by atoms with van der Waals surface area (Å²) in [7, 11) is -3.88. The molecular weight excluding hydrogens is 524 g/mol. The van der Waals surface area contributed by atoms with Crippen LogP contribution < -0.4 is 14.4 Å². The van der Waals surface area contributed by atoms with Crippen LogP contribution in [-0.2, 0) is 26.7 Å². The predicted octanol–water partition coefficient (Wildman–Crippen LogP) is 5.02. The zero-order chi connectivity index (χ0) is 28.1. The molecule has 2 aromatic rings. The van der Waals surface area contributed by atoms with Crippen molar-refractivity contribution < 1.29 is 22.7 Å². The van der Waals surface area contributed by atoms with E-state index in [4.69, 9.17) is 4.74 Å². The summed E-state index contributed by atoms with van der Waals surface area (Å²) in [4.78, 5) is 28.9. The topological polar surface area (TPSA) is 92.8 Å². The van der Waals surface area contributed by atoms with Gasteiger partial charge in [-0.05, 0) is 93.0 Å². The molecule has 1 spiro atoms. The van der Waals surface area contributed by atoms with Gasteiger partial charge in [0.15, 0.2) is 0 Å². The molecule has 1 fully saturated rings. The van der Waals surface area contributed by atoms with Gasteiger partial charge in [-0.1, -0.05) is 31.2 Å². The number of aryl methyl sites for hydroxylation is 1. The first kappa shape index (κ1) is 27.3. The summed E-state index contributed by atoms with van der Waals surface area (Å²) in [6, 6.07) is 13.9. The molecule has 0 saturated heterocycles. The van der Waals surface area contributed by atoms with Gasteiger partial charge in [0.1, 0.15) is 11.5 Å². The van der Waals surface area contributed by atoms with E-state index >= 15 is 0 Å². The van der Waals surface area contributed by atoms with E-state index in [-0.39, 0.29) is 23.2 Å². The van der Waals surface area contributed by atoms with Crippen LogP contribution in [0.3, 0.4) is 0 Å². The van der Waals surface area contributed by atoms with Gasteiger partial charge < -0.3 is 9.64 Å². The minimum Gasteiger partial charge on any atom is -0.490 e. The van der Waals surface area contributed by atoms with Crippen molar-refractivity contribution in [2.45, 2.75) is 75.9 Å². The van der Waals surface area contributed by atoms with Gasteiger partial charge in [-0.3, -0.25) is 9.59 Å². The van der Waals surface area contributed by atoms with E-state index < -0.39 is 21.2 Å². The highest BCUT2D eigenvalue weighted by atomic mass is 32.2. The molecule has 0 radical (unpaired) electrons. The van der Waals surface area contributed by atoms with Crippen molar-refractivity contribution in [3.8, 4) is 5.75 Å². The number of rotatable bonds is 0. The Bertz CT molecular complexity index is 1420. The summed E-state index contributed by atoms with van der Waals surface area (Å²) in [5.41, 5.74) is 3.59. The minimum absolute atomic E-state index is 0.0399. The standard InChI is InChI=1S/C32H40N2O5S/c1-21-7-5-11-29(35)26-14-12-25(26)18-34-19-32(16-6-9-23-8-3-4-10-27(23)32)20-39-30-15-13-24(17-28(30)34)31(36)33-40(37,38)22(21)2/h3-4,8,10,13,15,17,21-22,25-26H,5-7,9,11-12,14,16,18-20H2,1-2H3,(H,33,36). The molecule has 2 bridgehead atoms. The van der Waals surface area contributed by atoms with Crippen molar-refractivity contribution in [2.24, 2.45) is 17.8 Å². The van der Waals surface area contributed by atoms with Crippen LogP contribution in [0, 0.1) is 17.8 Å². The number of ether oxygens (including phenoxy) is 1. The molecule has 2 heterocycles. The number of nitrogens with one attached hydrogen (secondary N) is 1. The predicted molar refractivity (Wildman–Crippen MR) is 155 cm³/mol. The molecule has 5 unspecified atom stereocenters. The van der Waals surface area contributed by atoms with E-state index in [1.54, 1.807) is 25.1 Å². The second kappa shape index (κ2) is 10.5. The molecule has 4 aliphatic rings. The Hall–Kier alpha value is -2.87. The van der Waals surface area contributed by atoms with Crippen molar-refractivity contribution >= 4 is 27.4 Å². The van der Waals surface area contributed by atoms with Crippen LogP contribution >= 0.6 is 0 Å². The summed E-state index contributed by atoms with van der Waals surface area (Å²) in [5, 5.41) is -0.747. The summed E-state index contributed by atoms with van der Waals surface area (Å²) < 4.78 is 35.1. The largest absolute Gasteiger partial charge is 0.490 e. The molecule has 2 aromatic carbocycles. The molecule has 6 rings (SSSR count). The lowest BCUT2D eigenvalue weighted by molar-refractivity contribution is -0.127. The molecule has 40 heavy (non-hydrogen) atoms. The quantitative estimate of drug-likeness (QED) is 0.483. The van der Waals surface area contributed by atoms with Gasteiger partial charge in [0.2, 0.25) is 10.0 Å². The fourth-order valence-corrected chi connectivity index (χ4v) is 8.63. The fraction of sp³-hybridized carbons (Fsp3) is 0.562. The third-order valence-electron chi connectivity index (χ3n) is 10.1. The summed E-state index contributed by atoms with van der Waals surface area (Å²) in [6.45, 7) is 5.50. The molecular formula is C32H40N2O5S. The molecule has 5 atom stereocenters. The SMILES string of the molecule is CC1CCCC(=O)C2CCC2CN2CC3(CCCc4ccccc43)COc3ccc(cc32)C(=O)NS(=O)(=O)C1C.